The fourth-order valence-corrected chi connectivity index (χ4v) is 4.51. The van der Waals surface area contributed by atoms with Crippen LogP contribution in [0.5, 0.6) is 0 Å². The first-order chi connectivity index (χ1) is 19.3. The summed E-state index contributed by atoms with van der Waals surface area (Å²) >= 11 is 0. The fourth-order valence-electron chi connectivity index (χ4n) is 4.51. The Kier molecular flexibility index (Phi) is 16.7. The van der Waals surface area contributed by atoms with E-state index >= 15 is 0 Å². The van der Waals surface area contributed by atoms with E-state index in [0.29, 0.717) is 0 Å². The zero-order chi connectivity index (χ0) is 30.8. The maximum Gasteiger partial charge on any atom is 0.0753 e. The molecule has 41 heavy (non-hydrogen) atoms. The van der Waals surface area contributed by atoms with Crippen molar-refractivity contribution in [2.45, 2.75) is 101 Å². The summed E-state index contributed by atoms with van der Waals surface area (Å²) in [5, 5.41) is 10.3. The summed E-state index contributed by atoms with van der Waals surface area (Å²) in [6.45, 7) is 21.5. The first-order valence-corrected chi connectivity index (χ1v) is 15.1. The van der Waals surface area contributed by atoms with Crippen molar-refractivity contribution < 1.29 is 5.11 Å². The maximum atomic E-state index is 10.3. The van der Waals surface area contributed by atoms with Crippen molar-refractivity contribution in [3.05, 3.63) is 142 Å². The molecule has 1 heteroatoms. The molecule has 0 aromatic carbocycles. The third-order valence-corrected chi connectivity index (χ3v) is 7.31. The van der Waals surface area contributed by atoms with Gasteiger partial charge in [-0.05, 0) is 97.6 Å². The van der Waals surface area contributed by atoms with Gasteiger partial charge in [-0.1, -0.05) is 145 Å². The Labute approximate surface area is 252 Å². The Bertz CT molecular complexity index is 1220. The smallest absolute Gasteiger partial charge is 0.0753 e. The zero-order valence-electron chi connectivity index (χ0n) is 27.6. The van der Waals surface area contributed by atoms with E-state index in [9.17, 15) is 5.11 Å². The normalized spacial score (nSPS) is 20.2. The minimum Gasteiger partial charge on any atom is -0.389 e. The Morgan fingerprint density at radius 1 is 0.707 bits per heavy atom. The maximum absolute atomic E-state index is 10.3. The Morgan fingerprint density at radius 3 is 1.68 bits per heavy atom. The van der Waals surface area contributed by atoms with E-state index in [4.69, 9.17) is 0 Å². The Balaban J connectivity index is 2.61. The third kappa shape index (κ3) is 16.0. The van der Waals surface area contributed by atoms with Gasteiger partial charge in [-0.2, -0.15) is 0 Å². The summed E-state index contributed by atoms with van der Waals surface area (Å²) in [5.74, 6) is 0. The molecule has 0 radical (unpaired) electrons. The van der Waals surface area contributed by atoms with E-state index in [1.165, 1.54) is 39.0 Å². The molecule has 1 aliphatic carbocycles. The van der Waals surface area contributed by atoms with Crippen molar-refractivity contribution in [2.24, 2.45) is 5.41 Å². The standard InChI is InChI=1S/C40H56O/c1-31(2)17-13-20-34(5)23-15-25-35(6)24-14-21-32(3)18-11-12-19-33(4)22-16-26-36(7)27-28-38-37(8)39(41)29-30-40(38,9)10/h11-12,14-19,21-28,39,41H,13,20,29-30H2,1-10H3/b12-11+,21-14+,22-16+,25-15+,28-27+,32-18+,33-19+,34-23+,35-24+,36-26+/t39-/m1/s1. The summed E-state index contributed by atoms with van der Waals surface area (Å²) in [6.07, 6.45) is 38.0. The number of hydrogen-bond acceptors (Lipinski definition) is 1. The quantitative estimate of drug-likeness (QED) is 0.178. The summed E-state index contributed by atoms with van der Waals surface area (Å²) in [6, 6.07) is 0. The fraction of sp³-hybridized carbons (Fsp3) is 0.400. The lowest BCUT2D eigenvalue weighted by molar-refractivity contribution is 0.163. The van der Waals surface area contributed by atoms with Crippen LogP contribution in [0.1, 0.15) is 94.9 Å². The zero-order valence-corrected chi connectivity index (χ0v) is 27.6. The highest BCUT2D eigenvalue weighted by atomic mass is 16.3. The number of rotatable bonds is 13. The molecule has 1 nitrogen and oxygen atoms in total. The van der Waals surface area contributed by atoms with Crippen LogP contribution in [-0.4, -0.2) is 11.2 Å². The first kappa shape index (κ1) is 35.9. The van der Waals surface area contributed by atoms with Crippen LogP contribution in [0.15, 0.2) is 142 Å². The number of aliphatic hydroxyl groups is 1. The molecule has 1 N–H and O–H groups in total. The molecular formula is C40H56O. The summed E-state index contributed by atoms with van der Waals surface area (Å²) < 4.78 is 0. The highest BCUT2D eigenvalue weighted by Crippen LogP contribution is 2.41. The van der Waals surface area contributed by atoms with Crippen LogP contribution < -0.4 is 0 Å². The molecule has 1 rings (SSSR count). The minimum atomic E-state index is -0.310. The number of aliphatic hydroxyl groups excluding tert-OH is 1. The van der Waals surface area contributed by atoms with Crippen molar-refractivity contribution >= 4 is 0 Å². The average Bonchev–Trinajstić information content (AvgIpc) is 2.88. The largest absolute Gasteiger partial charge is 0.389 e. The van der Waals surface area contributed by atoms with Crippen LogP contribution >= 0.6 is 0 Å². The molecule has 0 fully saturated rings. The van der Waals surface area contributed by atoms with E-state index < -0.39 is 0 Å². The second-order valence-corrected chi connectivity index (χ2v) is 12.3. The van der Waals surface area contributed by atoms with Gasteiger partial charge in [0.2, 0.25) is 0 Å². The number of hydrogen-bond donors (Lipinski definition) is 1. The molecule has 222 valence electrons. The van der Waals surface area contributed by atoms with Crippen LogP contribution in [0.4, 0.5) is 0 Å². The highest BCUT2D eigenvalue weighted by Gasteiger charge is 2.30. The van der Waals surface area contributed by atoms with Crippen molar-refractivity contribution in [1.82, 2.24) is 0 Å². The highest BCUT2D eigenvalue weighted by molar-refractivity contribution is 5.39. The van der Waals surface area contributed by atoms with Gasteiger partial charge < -0.3 is 5.11 Å². The molecule has 0 amide bonds. The predicted octanol–water partition coefficient (Wildman–Crippen LogP) is 11.7. The molecular weight excluding hydrogens is 496 g/mol. The van der Waals surface area contributed by atoms with Gasteiger partial charge in [0.05, 0.1) is 6.10 Å². The lowest BCUT2D eigenvalue weighted by Gasteiger charge is -2.35. The molecule has 0 heterocycles. The Morgan fingerprint density at radius 2 is 1.17 bits per heavy atom. The molecule has 1 aliphatic rings. The third-order valence-electron chi connectivity index (χ3n) is 7.31. The summed E-state index contributed by atoms with van der Waals surface area (Å²) in [7, 11) is 0. The molecule has 0 aliphatic heterocycles. The molecule has 0 spiro atoms. The lowest BCUT2D eigenvalue weighted by Crippen LogP contribution is -2.27. The number of allylic oxidation sites excluding steroid dienone is 23. The molecule has 0 saturated carbocycles. The Hall–Kier alpha value is -3.16. The van der Waals surface area contributed by atoms with Crippen molar-refractivity contribution in [3.8, 4) is 0 Å². The van der Waals surface area contributed by atoms with Gasteiger partial charge in [-0.3, -0.25) is 0 Å². The van der Waals surface area contributed by atoms with Gasteiger partial charge in [0.25, 0.3) is 0 Å². The van der Waals surface area contributed by atoms with Gasteiger partial charge in [-0.15, -0.1) is 0 Å². The summed E-state index contributed by atoms with van der Waals surface area (Å²) in [4.78, 5) is 0. The molecule has 0 saturated heterocycles. The van der Waals surface area contributed by atoms with E-state index in [-0.39, 0.29) is 11.5 Å². The van der Waals surface area contributed by atoms with E-state index in [2.05, 4.69) is 166 Å². The van der Waals surface area contributed by atoms with Crippen molar-refractivity contribution in [3.63, 3.8) is 0 Å². The van der Waals surface area contributed by atoms with Crippen LogP contribution in [0.2, 0.25) is 0 Å². The molecule has 0 bridgehead atoms. The van der Waals surface area contributed by atoms with Crippen LogP contribution in [0.25, 0.3) is 0 Å². The SMILES string of the molecule is CC(C)=CCC/C(C)=C/C=C/C(C)=C/C=C/C(C)=C/C=C/C=C(C)/C=C/C=C(C)/C=C/C1=C(C)[C@H](O)CCC1(C)C. The van der Waals surface area contributed by atoms with E-state index in [1.807, 2.05) is 0 Å². The first-order valence-electron chi connectivity index (χ1n) is 15.1. The molecule has 0 aromatic heterocycles. The van der Waals surface area contributed by atoms with Gasteiger partial charge in [0.1, 0.15) is 0 Å². The monoisotopic (exact) mass is 552 g/mol. The van der Waals surface area contributed by atoms with Crippen LogP contribution in [0, 0.1) is 5.41 Å². The molecule has 1 atom stereocenters. The van der Waals surface area contributed by atoms with E-state index in [1.54, 1.807) is 0 Å². The van der Waals surface area contributed by atoms with Gasteiger partial charge in [-0.25, -0.2) is 0 Å². The average molecular weight is 553 g/mol. The van der Waals surface area contributed by atoms with Crippen molar-refractivity contribution in [1.29, 1.82) is 0 Å². The van der Waals surface area contributed by atoms with Crippen LogP contribution in [0.3, 0.4) is 0 Å². The van der Waals surface area contributed by atoms with E-state index in [0.717, 1.165) is 31.3 Å². The lowest BCUT2D eigenvalue weighted by atomic mass is 9.71. The van der Waals surface area contributed by atoms with Crippen LogP contribution in [-0.2, 0) is 0 Å². The van der Waals surface area contributed by atoms with Gasteiger partial charge in [0.15, 0.2) is 0 Å². The second-order valence-electron chi connectivity index (χ2n) is 12.3. The van der Waals surface area contributed by atoms with Crippen molar-refractivity contribution in [2.75, 3.05) is 0 Å². The predicted molar refractivity (Wildman–Crippen MR) is 185 cm³/mol. The molecule has 0 unspecified atom stereocenters. The van der Waals surface area contributed by atoms with Gasteiger partial charge >= 0.3 is 0 Å². The topological polar surface area (TPSA) is 20.2 Å². The minimum absolute atomic E-state index is 0.110. The molecule has 0 aromatic rings. The van der Waals surface area contributed by atoms with Gasteiger partial charge in [0, 0.05) is 0 Å². The summed E-state index contributed by atoms with van der Waals surface area (Å²) in [5.41, 5.74) is 10.1. The second kappa shape index (κ2) is 19.1.